The van der Waals surface area contributed by atoms with Crippen LogP contribution in [-0.4, -0.2) is 220 Å². The summed E-state index contributed by atoms with van der Waals surface area (Å²) >= 11 is 1.20. The highest BCUT2D eigenvalue weighted by atomic mass is 32.2. The maximum absolute atomic E-state index is 14.0. The van der Waals surface area contributed by atoms with Crippen LogP contribution in [0, 0.1) is 41.4 Å². The highest BCUT2D eigenvalue weighted by Crippen LogP contribution is 2.47. The summed E-state index contributed by atoms with van der Waals surface area (Å²) < 4.78 is 17.9. The van der Waals surface area contributed by atoms with Gasteiger partial charge in [0.25, 0.3) is 0 Å². The molecule has 2 bridgehead atoms. The van der Waals surface area contributed by atoms with Gasteiger partial charge in [-0.15, -0.1) is 11.8 Å². The van der Waals surface area contributed by atoms with Crippen molar-refractivity contribution >= 4 is 23.5 Å². The molecule has 0 aromatic heterocycles. The topological polar surface area (TPSA) is 426 Å². The monoisotopic (exact) mass is 1530 g/mol. The Hall–Kier alpha value is -4.91. The lowest BCUT2D eigenvalue weighted by molar-refractivity contribution is -0.302. The minimum atomic E-state index is -2.24. The predicted octanol–water partition coefficient (Wildman–Crippen LogP) is 9.28. The molecule has 1 saturated heterocycles. The van der Waals surface area contributed by atoms with Gasteiger partial charge in [-0.3, -0.25) is 9.59 Å². The third kappa shape index (κ3) is 37.3. The van der Waals surface area contributed by atoms with Crippen molar-refractivity contribution in [2.24, 2.45) is 41.4 Å². The van der Waals surface area contributed by atoms with E-state index < -0.39 is 151 Å². The van der Waals surface area contributed by atoms with Gasteiger partial charge in [-0.25, -0.2) is 0 Å². The zero-order chi connectivity index (χ0) is 80.1. The van der Waals surface area contributed by atoms with Gasteiger partial charge < -0.3 is 106 Å². The van der Waals surface area contributed by atoms with Crippen molar-refractivity contribution in [1.29, 1.82) is 0 Å². The summed E-state index contributed by atoms with van der Waals surface area (Å²) in [7, 11) is 1.47. The molecule has 3 rings (SSSR count). The van der Waals surface area contributed by atoms with Crippen molar-refractivity contribution < 1.29 is 116 Å². The molecule has 1 aromatic rings. The Kier molecular flexibility index (Phi) is 45.8. The second kappa shape index (κ2) is 50.9. The largest absolute Gasteiger partial charge is 0.507 e. The smallest absolute Gasteiger partial charge is 0.311 e. The number of thioether (sulfide) groups is 1. The van der Waals surface area contributed by atoms with E-state index in [1.54, 1.807) is 133 Å². The minimum absolute atomic E-state index is 0.0371. The van der Waals surface area contributed by atoms with E-state index in [2.05, 4.69) is 6.92 Å². The SMILES string of the molecule is CO[C@H](CC[C@@H](C)/C=C/C=C/[C@H]1C[C@H](O)C[C@H](O)CCCC[C@@H](C)CC[C@@H](O)C[C@H](O)C\C=C/C=C\C=C\[C@@H](O)CC(=O)C[C@H](O)C/C=C\C=C\[C@H](O)C[C@H](O)C[C@@H](O)CC[C@H](C)[C@@H](O)C[C@@H](O)[C@H](C)[C@@H](O)/C(C)=C\C=C/[C@@H](C)[C@H](O)[C@@H](C)[C@H]2O[C@@](O)(CC(=O)O1)C[C@H](O)[C@@H]2C)c1c(O)c(O)cc(O)c1SC. The Morgan fingerprint density at radius 2 is 1.20 bits per heavy atom. The summed E-state index contributed by atoms with van der Waals surface area (Å²) in [5, 5.41) is 197. The summed E-state index contributed by atoms with van der Waals surface area (Å²) in [6, 6.07) is 1.07. The minimum Gasteiger partial charge on any atom is -0.507 e. The number of rotatable bonds is 9. The summed E-state index contributed by atoms with van der Waals surface area (Å²) in [6.07, 6.45) is 16.8. The van der Waals surface area contributed by atoms with Crippen LogP contribution in [0.15, 0.2) is 120 Å². The van der Waals surface area contributed by atoms with E-state index in [-0.39, 0.29) is 111 Å². The first-order valence-electron chi connectivity index (χ1n) is 38.5. The second-order valence-electron chi connectivity index (χ2n) is 30.6. The molecule has 0 spiro atoms. The first kappa shape index (κ1) is 96.3. The van der Waals surface area contributed by atoms with E-state index in [0.29, 0.717) is 61.8 Å². The van der Waals surface area contributed by atoms with Crippen molar-refractivity contribution in [2.45, 2.75) is 311 Å². The van der Waals surface area contributed by atoms with E-state index in [1.165, 1.54) is 31.0 Å². The van der Waals surface area contributed by atoms with Crippen LogP contribution >= 0.6 is 11.8 Å². The second-order valence-corrected chi connectivity index (χ2v) is 31.5. The first-order chi connectivity index (χ1) is 50.5. The molecule has 2 aliphatic rings. The molecule has 0 amide bonds. The normalized spacial score (nSPS) is 37.9. The van der Waals surface area contributed by atoms with Crippen molar-refractivity contribution in [2.75, 3.05) is 13.4 Å². The van der Waals surface area contributed by atoms with Crippen molar-refractivity contribution in [1.82, 2.24) is 0 Å². The molecular weight excluding hydrogens is 1400 g/mol. The molecule has 25 atom stereocenters. The number of allylic oxidation sites excluding steroid dienone is 11. The number of phenolic OH excluding ortho intramolecular Hbond substituents is 3. The Balaban J connectivity index is 1.80. The Labute approximate surface area is 639 Å². The zero-order valence-corrected chi connectivity index (χ0v) is 65.6. The predicted molar refractivity (Wildman–Crippen MR) is 414 cm³/mol. The van der Waals surface area contributed by atoms with Crippen LogP contribution in [0.2, 0.25) is 0 Å². The fourth-order valence-corrected chi connectivity index (χ4v) is 14.5. The van der Waals surface area contributed by atoms with Gasteiger partial charge in [0.2, 0.25) is 0 Å². The number of Topliss-reactive ketones (excluding diaryl/α,β-unsaturated/α-hetero) is 1. The average Bonchev–Trinajstić information content (AvgIpc) is 0.790. The molecule has 18 N–H and O–H groups in total. The molecule has 1 aromatic carbocycles. The third-order valence-electron chi connectivity index (χ3n) is 20.8. The third-order valence-corrected chi connectivity index (χ3v) is 21.6. The number of aliphatic hydroxyl groups is 15. The highest BCUT2D eigenvalue weighted by molar-refractivity contribution is 7.98. The standard InChI is InChI=1S/C83H134O23S/c1-51-24-19-21-32-63(88)44-68(93)46-69(33-22-20-25-52(2)35-39-75(104-9)77-80(102)72(96)48-73(97)82(77)107-10)105-76(99)50-83(103)49-74(98)57(7)81(106-83)58(8)79(101)55(5)27-23-26-54(4)78(100)56(6)71(95)47-70(94)53(3)36-38-65(90)45-67(92)43-62(87)31-18-14-17-30-61(86)42-66(91)41-60(85)29-16-13-11-12-15-28-59(84)40-64(89)37-34-51/h11-18,20,22-23,25-27,29,31,33,48,51-53,55-65,67-71,74-75,78-79,81,84-90,92-98,100-103H,19,21,24,28,30,32,34-47,49-50H2,1-10H3/b13-11-,15-12-,17-14-,25-20+,27-23-,29-16+,31-18+,33-22+,54-26-/t51-,52+,53+,55-,56+,57+,58-,59-,60-,61-,62+,63-,64-,65+,67+,68-,69+,70+,71-,74+,75-,78+,79+,81+,83-/m1/s1. The lowest BCUT2D eigenvalue weighted by Gasteiger charge is -2.46. The molecule has 2 heterocycles. The molecule has 0 unspecified atom stereocenters. The molecule has 24 heteroatoms. The fourth-order valence-electron chi connectivity index (χ4n) is 13.7. The number of aliphatic hydroxyl groups excluding tert-OH is 14. The number of aromatic hydroxyl groups is 3. The molecule has 1 fully saturated rings. The molecule has 0 aliphatic carbocycles. The van der Waals surface area contributed by atoms with E-state index in [1.807, 2.05) is 13.0 Å². The Bertz CT molecular complexity index is 2980. The van der Waals surface area contributed by atoms with Crippen molar-refractivity contribution in [3.63, 3.8) is 0 Å². The molecular formula is C83H134O23S. The fraction of sp³-hybridized carbons (Fsp3) is 0.687. The molecule has 107 heavy (non-hydrogen) atoms. The summed E-state index contributed by atoms with van der Waals surface area (Å²) in [4.78, 5) is 26.9. The highest BCUT2D eigenvalue weighted by Gasteiger charge is 2.49. The van der Waals surface area contributed by atoms with Crippen LogP contribution in [0.3, 0.4) is 0 Å². The Morgan fingerprint density at radius 3 is 1.87 bits per heavy atom. The van der Waals surface area contributed by atoms with Crippen LogP contribution in [0.5, 0.6) is 17.2 Å². The quantitative estimate of drug-likeness (QED) is 0.0360. The zero-order valence-electron chi connectivity index (χ0n) is 64.8. The van der Waals surface area contributed by atoms with E-state index >= 15 is 0 Å². The lowest BCUT2D eigenvalue weighted by Crippen LogP contribution is -2.55. The van der Waals surface area contributed by atoms with E-state index in [0.717, 1.165) is 18.9 Å². The van der Waals surface area contributed by atoms with Crippen LogP contribution in [0.25, 0.3) is 0 Å². The van der Waals surface area contributed by atoms with Gasteiger partial charge in [0.05, 0.1) is 109 Å². The number of ketones is 1. The van der Waals surface area contributed by atoms with Gasteiger partial charge in [-0.05, 0) is 126 Å². The van der Waals surface area contributed by atoms with Gasteiger partial charge in [0, 0.05) is 74.5 Å². The summed E-state index contributed by atoms with van der Waals surface area (Å²) in [5.74, 6) is -7.35. The van der Waals surface area contributed by atoms with Crippen LogP contribution in [0.4, 0.5) is 0 Å². The number of carbonyl (C=O) groups excluding carboxylic acids is 2. The van der Waals surface area contributed by atoms with Crippen molar-refractivity contribution in [3.8, 4) is 17.2 Å². The van der Waals surface area contributed by atoms with Gasteiger partial charge in [0.15, 0.2) is 17.3 Å². The van der Waals surface area contributed by atoms with Gasteiger partial charge in [0.1, 0.15) is 17.6 Å². The van der Waals surface area contributed by atoms with Crippen molar-refractivity contribution in [3.05, 3.63) is 120 Å². The number of carbonyl (C=O) groups is 2. The van der Waals surface area contributed by atoms with Crippen LogP contribution < -0.4 is 0 Å². The first-order valence-corrected chi connectivity index (χ1v) is 39.7. The number of benzene rings is 1. The molecule has 0 saturated carbocycles. The lowest BCUT2D eigenvalue weighted by atomic mass is 9.78. The maximum atomic E-state index is 14.0. The summed E-state index contributed by atoms with van der Waals surface area (Å²) in [6.45, 7) is 14.3. The number of esters is 1. The molecule has 2 aliphatic heterocycles. The number of methoxy groups -OCH3 is 1. The van der Waals surface area contributed by atoms with Crippen LogP contribution in [0.1, 0.15) is 208 Å². The number of hydrogen-bond acceptors (Lipinski definition) is 24. The summed E-state index contributed by atoms with van der Waals surface area (Å²) in [5.41, 5.74) is 0.756. The molecule has 0 radical (unpaired) electrons. The number of hydrogen-bond donors (Lipinski definition) is 18. The van der Waals surface area contributed by atoms with Gasteiger partial charge >= 0.3 is 5.97 Å². The maximum Gasteiger partial charge on any atom is 0.311 e. The van der Waals surface area contributed by atoms with Gasteiger partial charge in [-0.1, -0.05) is 165 Å². The number of fused-ring (bicyclic) bond motifs is 2. The number of phenols is 3. The number of ether oxygens (including phenoxy) is 3. The molecule has 610 valence electrons. The Morgan fingerprint density at radius 1 is 0.598 bits per heavy atom. The van der Waals surface area contributed by atoms with Crippen LogP contribution in [-0.2, 0) is 23.8 Å². The van der Waals surface area contributed by atoms with E-state index in [9.17, 15) is 102 Å². The van der Waals surface area contributed by atoms with E-state index in [4.69, 9.17) is 14.2 Å². The molecule has 23 nitrogen and oxygen atoms in total. The number of cyclic esters (lactones) is 1. The average molecular weight is 1530 g/mol. The van der Waals surface area contributed by atoms with Gasteiger partial charge in [-0.2, -0.15) is 0 Å².